The first-order valence-electron chi connectivity index (χ1n) is 10.6. The Bertz CT molecular complexity index is 558. The SMILES string of the molecule is CN1CCN(C[C@@H]2CCC[C@]3(CCN(CCc4ccccc4)C3)O2)CC1. The summed E-state index contributed by atoms with van der Waals surface area (Å²) in [5.41, 5.74) is 1.59. The average Bonchev–Trinajstić information content (AvgIpc) is 3.05. The third kappa shape index (κ3) is 4.66. The molecular weight excluding hydrogens is 322 g/mol. The zero-order chi connectivity index (χ0) is 17.8. The normalized spacial score (nSPS) is 31.7. The van der Waals surface area contributed by atoms with Gasteiger partial charge in [-0.1, -0.05) is 30.3 Å². The van der Waals surface area contributed by atoms with Crippen LogP contribution in [0.1, 0.15) is 31.2 Å². The number of hydrogen-bond acceptors (Lipinski definition) is 4. The number of benzene rings is 1. The van der Waals surface area contributed by atoms with Crippen molar-refractivity contribution in [2.45, 2.75) is 43.8 Å². The Hall–Kier alpha value is -0.940. The van der Waals surface area contributed by atoms with Crippen molar-refractivity contribution in [1.29, 1.82) is 0 Å². The van der Waals surface area contributed by atoms with Crippen LogP contribution < -0.4 is 0 Å². The van der Waals surface area contributed by atoms with Crippen LogP contribution in [0.15, 0.2) is 30.3 Å². The van der Waals surface area contributed by atoms with Gasteiger partial charge in [-0.2, -0.15) is 0 Å². The molecule has 0 amide bonds. The Labute approximate surface area is 159 Å². The number of hydrogen-bond donors (Lipinski definition) is 0. The van der Waals surface area contributed by atoms with E-state index in [1.54, 1.807) is 0 Å². The monoisotopic (exact) mass is 357 g/mol. The van der Waals surface area contributed by atoms with Gasteiger partial charge >= 0.3 is 0 Å². The topological polar surface area (TPSA) is 19.0 Å². The second-order valence-electron chi connectivity index (χ2n) is 8.68. The van der Waals surface area contributed by atoms with Crippen LogP contribution in [0.5, 0.6) is 0 Å². The van der Waals surface area contributed by atoms with Gasteiger partial charge in [0.05, 0.1) is 11.7 Å². The van der Waals surface area contributed by atoms with Crippen LogP contribution in [0, 0.1) is 0 Å². The van der Waals surface area contributed by atoms with Crippen molar-refractivity contribution in [2.75, 3.05) is 59.4 Å². The maximum absolute atomic E-state index is 6.75. The van der Waals surface area contributed by atoms with Gasteiger partial charge in [-0.15, -0.1) is 0 Å². The molecule has 4 rings (SSSR count). The third-order valence-corrected chi connectivity index (χ3v) is 6.59. The molecule has 1 aromatic carbocycles. The molecule has 4 heteroatoms. The van der Waals surface area contributed by atoms with E-state index in [0.29, 0.717) is 6.10 Å². The highest BCUT2D eigenvalue weighted by atomic mass is 16.5. The zero-order valence-corrected chi connectivity index (χ0v) is 16.4. The standard InChI is InChI=1S/C22H35N3O/c1-23-14-16-24(17-15-23)18-21-8-5-10-22(26-21)11-13-25(19-22)12-9-20-6-3-2-4-7-20/h2-4,6-7,21H,5,8-19H2,1H3/t21-,22+/m0/s1. The van der Waals surface area contributed by atoms with E-state index in [4.69, 9.17) is 4.74 Å². The molecule has 1 aromatic rings. The van der Waals surface area contributed by atoms with Gasteiger partial charge < -0.3 is 14.5 Å². The lowest BCUT2D eigenvalue weighted by Gasteiger charge is -2.42. The van der Waals surface area contributed by atoms with Gasteiger partial charge in [-0.05, 0) is 44.7 Å². The van der Waals surface area contributed by atoms with Crippen LogP contribution >= 0.6 is 0 Å². The fourth-order valence-electron chi connectivity index (χ4n) is 4.92. The van der Waals surface area contributed by atoms with Crippen LogP contribution in [0.2, 0.25) is 0 Å². The van der Waals surface area contributed by atoms with Gasteiger partial charge in [0.15, 0.2) is 0 Å². The molecule has 3 aliphatic heterocycles. The van der Waals surface area contributed by atoms with Gasteiger partial charge in [-0.25, -0.2) is 0 Å². The predicted molar refractivity (Wildman–Crippen MR) is 107 cm³/mol. The molecule has 0 radical (unpaired) electrons. The van der Waals surface area contributed by atoms with Crippen LogP contribution in [0.3, 0.4) is 0 Å². The van der Waals surface area contributed by atoms with E-state index in [2.05, 4.69) is 52.1 Å². The van der Waals surface area contributed by atoms with Crippen molar-refractivity contribution in [3.05, 3.63) is 35.9 Å². The molecule has 3 heterocycles. The lowest BCUT2D eigenvalue weighted by Crippen LogP contribution is -2.51. The van der Waals surface area contributed by atoms with Crippen LogP contribution in [-0.4, -0.2) is 85.8 Å². The van der Waals surface area contributed by atoms with Crippen LogP contribution in [0.4, 0.5) is 0 Å². The summed E-state index contributed by atoms with van der Waals surface area (Å²) in [4.78, 5) is 7.68. The Balaban J connectivity index is 1.25. The Morgan fingerprint density at radius 3 is 2.62 bits per heavy atom. The number of likely N-dealkylation sites (N-methyl/N-ethyl adjacent to an activating group) is 1. The first kappa shape index (κ1) is 18.4. The lowest BCUT2D eigenvalue weighted by atomic mass is 9.90. The van der Waals surface area contributed by atoms with Crippen LogP contribution in [-0.2, 0) is 11.2 Å². The minimum absolute atomic E-state index is 0.145. The minimum atomic E-state index is 0.145. The maximum Gasteiger partial charge on any atom is 0.0825 e. The molecule has 0 N–H and O–H groups in total. The smallest absolute Gasteiger partial charge is 0.0825 e. The molecule has 144 valence electrons. The molecule has 3 saturated heterocycles. The summed E-state index contributed by atoms with van der Waals surface area (Å²) in [6.45, 7) is 9.44. The first-order chi connectivity index (χ1) is 12.7. The summed E-state index contributed by atoms with van der Waals surface area (Å²) in [6.07, 6.45) is 6.67. The Kier molecular flexibility index (Phi) is 5.94. The number of rotatable bonds is 5. The highest BCUT2D eigenvalue weighted by Gasteiger charge is 2.43. The van der Waals surface area contributed by atoms with Gasteiger partial charge in [0, 0.05) is 52.4 Å². The zero-order valence-electron chi connectivity index (χ0n) is 16.4. The lowest BCUT2D eigenvalue weighted by molar-refractivity contribution is -0.130. The highest BCUT2D eigenvalue weighted by molar-refractivity contribution is 5.15. The molecule has 0 unspecified atom stereocenters. The second-order valence-corrected chi connectivity index (χ2v) is 8.68. The van der Waals surface area contributed by atoms with Crippen molar-refractivity contribution in [3.8, 4) is 0 Å². The quantitative estimate of drug-likeness (QED) is 0.806. The highest BCUT2D eigenvalue weighted by Crippen LogP contribution is 2.37. The maximum atomic E-state index is 6.75. The van der Waals surface area contributed by atoms with E-state index in [9.17, 15) is 0 Å². The molecule has 3 fully saturated rings. The van der Waals surface area contributed by atoms with E-state index in [-0.39, 0.29) is 5.60 Å². The van der Waals surface area contributed by atoms with E-state index in [1.165, 1.54) is 64.0 Å². The molecule has 0 saturated carbocycles. The van der Waals surface area contributed by atoms with E-state index < -0.39 is 0 Å². The molecule has 0 aliphatic carbocycles. The van der Waals surface area contributed by atoms with Crippen molar-refractivity contribution in [3.63, 3.8) is 0 Å². The van der Waals surface area contributed by atoms with Crippen molar-refractivity contribution in [2.24, 2.45) is 0 Å². The molecule has 1 spiro atoms. The number of nitrogens with zero attached hydrogens (tertiary/aromatic N) is 3. The van der Waals surface area contributed by atoms with Gasteiger partial charge in [0.2, 0.25) is 0 Å². The molecule has 2 atom stereocenters. The molecule has 3 aliphatic rings. The van der Waals surface area contributed by atoms with E-state index in [0.717, 1.165) is 26.1 Å². The van der Waals surface area contributed by atoms with Crippen LogP contribution in [0.25, 0.3) is 0 Å². The van der Waals surface area contributed by atoms with E-state index in [1.807, 2.05) is 0 Å². The fraction of sp³-hybridized carbons (Fsp3) is 0.727. The molecule has 0 aromatic heterocycles. The number of piperazine rings is 1. The summed E-state index contributed by atoms with van der Waals surface area (Å²) >= 11 is 0. The predicted octanol–water partition coefficient (Wildman–Crippen LogP) is 2.49. The summed E-state index contributed by atoms with van der Waals surface area (Å²) in [7, 11) is 2.23. The molecule has 0 bridgehead atoms. The number of ether oxygens (including phenoxy) is 1. The average molecular weight is 358 g/mol. The number of likely N-dealkylation sites (tertiary alicyclic amines) is 1. The Morgan fingerprint density at radius 2 is 1.81 bits per heavy atom. The third-order valence-electron chi connectivity index (χ3n) is 6.59. The van der Waals surface area contributed by atoms with Gasteiger partial charge in [0.25, 0.3) is 0 Å². The van der Waals surface area contributed by atoms with E-state index >= 15 is 0 Å². The van der Waals surface area contributed by atoms with Gasteiger partial charge in [-0.3, -0.25) is 4.90 Å². The fourth-order valence-corrected chi connectivity index (χ4v) is 4.92. The molecule has 26 heavy (non-hydrogen) atoms. The van der Waals surface area contributed by atoms with Gasteiger partial charge in [0.1, 0.15) is 0 Å². The molecular formula is C22H35N3O. The van der Waals surface area contributed by atoms with Crippen molar-refractivity contribution < 1.29 is 4.74 Å². The first-order valence-corrected chi connectivity index (χ1v) is 10.6. The largest absolute Gasteiger partial charge is 0.369 e. The Morgan fingerprint density at radius 1 is 1.00 bits per heavy atom. The second kappa shape index (κ2) is 8.39. The summed E-state index contributed by atoms with van der Waals surface area (Å²) in [5.74, 6) is 0. The summed E-state index contributed by atoms with van der Waals surface area (Å²) in [6, 6.07) is 10.9. The van der Waals surface area contributed by atoms with Crippen molar-refractivity contribution in [1.82, 2.24) is 14.7 Å². The van der Waals surface area contributed by atoms with Crippen molar-refractivity contribution >= 4 is 0 Å². The minimum Gasteiger partial charge on any atom is -0.369 e. The molecule has 4 nitrogen and oxygen atoms in total. The summed E-state index contributed by atoms with van der Waals surface area (Å²) < 4.78 is 6.75. The summed E-state index contributed by atoms with van der Waals surface area (Å²) in [5, 5.41) is 0.